The summed E-state index contributed by atoms with van der Waals surface area (Å²) in [4.78, 5) is 109. The Balaban J connectivity index is 0.849. The zero-order chi connectivity index (χ0) is 52.0. The first-order valence-corrected chi connectivity index (χ1v) is 25.9. The van der Waals surface area contributed by atoms with Gasteiger partial charge in [0, 0.05) is 24.2 Å². The van der Waals surface area contributed by atoms with E-state index in [1.54, 1.807) is 24.3 Å². The average molecular weight is 1000 g/mol. The standard InChI is InChI=1S/C57H68N4O12/c1-33(2)47(58-53(68)70-5)49(64)60-31-56(21-22-56)27-43(60)51(66)72-29-45(62)37-13-9-35(10-14-37)39-17-18-40(42-26-55(25-41(39)42)19-7-8-20-55)36-11-15-38(16-12-36)46(63)30-73-52(67)44-28-57(23-24-57)32-61(44)50(65)48(34(3)4)59-54(69)71-6/h9-18,33-34,43-44,47-48H,7-8,19-32H2,1-6H3,(H,58,68)(H,59,69)/t43-,44-,47-,48-/m0/s1. The third kappa shape index (κ3) is 10.6. The monoisotopic (exact) mass is 1000 g/mol. The number of esters is 2. The van der Waals surface area contributed by atoms with Gasteiger partial charge in [0.05, 0.1) is 14.2 Å². The number of carbonyl (C=O) groups is 8. The molecule has 6 aliphatic rings. The summed E-state index contributed by atoms with van der Waals surface area (Å²) in [5.41, 5.74) is 7.34. The number of ether oxygens (including phenoxy) is 4. The average Bonchev–Trinajstić information content (AvgIpc) is 4.05. The van der Waals surface area contributed by atoms with E-state index in [-0.39, 0.29) is 51.5 Å². The summed E-state index contributed by atoms with van der Waals surface area (Å²) in [5.74, 6) is -3.26. The van der Waals surface area contributed by atoms with Crippen molar-refractivity contribution >= 4 is 47.5 Å². The van der Waals surface area contributed by atoms with Gasteiger partial charge in [-0.2, -0.15) is 0 Å². The molecule has 0 unspecified atom stereocenters. The van der Waals surface area contributed by atoms with Crippen LogP contribution in [0.25, 0.3) is 22.3 Å². The van der Waals surface area contributed by atoms with Crippen molar-refractivity contribution in [2.45, 2.75) is 129 Å². The highest BCUT2D eigenvalue weighted by Crippen LogP contribution is 2.57. The summed E-state index contributed by atoms with van der Waals surface area (Å²) in [5, 5.41) is 5.22. The lowest BCUT2D eigenvalue weighted by Gasteiger charge is -2.29. The minimum absolute atomic E-state index is 0.149. The molecule has 3 aromatic carbocycles. The third-order valence-electron chi connectivity index (χ3n) is 16.7. The third-order valence-corrected chi connectivity index (χ3v) is 16.7. The van der Waals surface area contributed by atoms with Gasteiger partial charge < -0.3 is 39.4 Å². The van der Waals surface area contributed by atoms with Gasteiger partial charge in [0.25, 0.3) is 0 Å². The number of alkyl carbamates (subject to hydrolysis) is 2. The minimum Gasteiger partial charge on any atom is -0.456 e. The molecule has 73 heavy (non-hydrogen) atoms. The van der Waals surface area contributed by atoms with Crippen molar-refractivity contribution in [3.05, 3.63) is 82.9 Å². The molecule has 3 spiro atoms. The van der Waals surface area contributed by atoms with Crippen molar-refractivity contribution in [3.63, 3.8) is 0 Å². The maximum atomic E-state index is 13.7. The van der Waals surface area contributed by atoms with E-state index in [1.807, 2.05) is 52.0 Å². The van der Waals surface area contributed by atoms with Crippen LogP contribution in [0.4, 0.5) is 9.59 Å². The molecule has 2 saturated heterocycles. The molecule has 388 valence electrons. The molecule has 9 rings (SSSR count). The van der Waals surface area contributed by atoms with Crippen molar-refractivity contribution in [1.29, 1.82) is 0 Å². The number of Topliss-reactive ketones (excluding diaryl/α,β-unsaturated/α-hetero) is 2. The molecule has 2 heterocycles. The fraction of sp³-hybridized carbons (Fsp3) is 0.544. The second-order valence-corrected chi connectivity index (χ2v) is 22.5. The smallest absolute Gasteiger partial charge is 0.407 e. The van der Waals surface area contributed by atoms with E-state index in [0.717, 1.165) is 73.6 Å². The van der Waals surface area contributed by atoms with Crippen LogP contribution < -0.4 is 10.6 Å². The van der Waals surface area contributed by atoms with Gasteiger partial charge in [-0.25, -0.2) is 19.2 Å². The quantitative estimate of drug-likeness (QED) is 0.0807. The highest BCUT2D eigenvalue weighted by atomic mass is 16.6. The first-order valence-electron chi connectivity index (χ1n) is 25.9. The summed E-state index contributed by atoms with van der Waals surface area (Å²) in [7, 11) is 2.46. The van der Waals surface area contributed by atoms with E-state index in [1.165, 1.54) is 48.0 Å². The molecule has 3 aromatic rings. The maximum absolute atomic E-state index is 13.7. The normalized spacial score (nSPS) is 21.2. The Kier molecular flexibility index (Phi) is 14.3. The number of amides is 4. The highest BCUT2D eigenvalue weighted by Gasteiger charge is 2.58. The van der Waals surface area contributed by atoms with Crippen molar-refractivity contribution in [1.82, 2.24) is 20.4 Å². The van der Waals surface area contributed by atoms with E-state index in [9.17, 15) is 38.4 Å². The Hall–Kier alpha value is -6.58. The zero-order valence-electron chi connectivity index (χ0n) is 42.8. The van der Waals surface area contributed by atoms with Crippen LogP contribution in [0.1, 0.15) is 124 Å². The van der Waals surface area contributed by atoms with Crippen molar-refractivity contribution < 1.29 is 57.3 Å². The van der Waals surface area contributed by atoms with Crippen LogP contribution in [0.15, 0.2) is 60.7 Å². The summed E-state index contributed by atoms with van der Waals surface area (Å²) in [6.45, 7) is 7.08. The number of nitrogens with one attached hydrogen (secondary N) is 2. The van der Waals surface area contributed by atoms with Gasteiger partial charge in [0.2, 0.25) is 11.8 Å². The van der Waals surface area contributed by atoms with Gasteiger partial charge in [-0.15, -0.1) is 0 Å². The lowest BCUT2D eigenvalue weighted by Crippen LogP contribution is -2.54. The number of benzene rings is 3. The van der Waals surface area contributed by atoms with Gasteiger partial charge in [-0.05, 0) is 126 Å². The largest absolute Gasteiger partial charge is 0.456 e. The predicted octanol–water partition coefficient (Wildman–Crippen LogP) is 7.65. The number of nitrogens with zero attached hydrogens (tertiary/aromatic N) is 2. The minimum atomic E-state index is -0.884. The molecule has 16 nitrogen and oxygen atoms in total. The number of rotatable bonds is 16. The number of hydrogen-bond donors (Lipinski definition) is 2. The van der Waals surface area contributed by atoms with Gasteiger partial charge in [0.15, 0.2) is 24.8 Å². The second-order valence-electron chi connectivity index (χ2n) is 22.5. The van der Waals surface area contributed by atoms with Gasteiger partial charge in [-0.1, -0.05) is 101 Å². The Morgan fingerprint density at radius 1 is 0.534 bits per heavy atom. The van der Waals surface area contributed by atoms with E-state index in [4.69, 9.17) is 18.9 Å². The number of fused-ring (bicyclic) bond motifs is 1. The van der Waals surface area contributed by atoms with Crippen LogP contribution >= 0.6 is 0 Å². The van der Waals surface area contributed by atoms with Gasteiger partial charge in [0.1, 0.15) is 24.2 Å². The Morgan fingerprint density at radius 2 is 0.904 bits per heavy atom. The van der Waals surface area contributed by atoms with Gasteiger partial charge in [-0.3, -0.25) is 19.2 Å². The summed E-state index contributed by atoms with van der Waals surface area (Å²) < 4.78 is 20.7. The van der Waals surface area contributed by atoms with Crippen molar-refractivity contribution in [2.24, 2.45) is 28.1 Å². The van der Waals surface area contributed by atoms with Crippen LogP contribution in [0.2, 0.25) is 0 Å². The molecule has 2 N–H and O–H groups in total. The Labute approximate surface area is 426 Å². The molecule has 16 heteroatoms. The van der Waals surface area contributed by atoms with Crippen molar-refractivity contribution in [3.8, 4) is 22.3 Å². The summed E-state index contributed by atoms with van der Waals surface area (Å²) in [6.07, 6.45) is 9.53. The fourth-order valence-electron chi connectivity index (χ4n) is 12.1. The van der Waals surface area contributed by atoms with Crippen LogP contribution in [-0.2, 0) is 51.0 Å². The van der Waals surface area contributed by atoms with E-state index < -0.39 is 61.5 Å². The Bertz CT molecular complexity index is 2500. The number of likely N-dealkylation sites (tertiary alicyclic amines) is 2. The molecular formula is C57H68N4O12. The van der Waals surface area contributed by atoms with Gasteiger partial charge >= 0.3 is 24.1 Å². The number of hydrogen-bond acceptors (Lipinski definition) is 12. The molecule has 0 aromatic heterocycles. The summed E-state index contributed by atoms with van der Waals surface area (Å²) >= 11 is 0. The second kappa shape index (κ2) is 20.4. The van der Waals surface area contributed by atoms with Crippen LogP contribution in [0, 0.1) is 28.1 Å². The first-order chi connectivity index (χ1) is 34.9. The topological polar surface area (TPSA) is 204 Å². The van der Waals surface area contributed by atoms with E-state index >= 15 is 0 Å². The highest BCUT2D eigenvalue weighted by molar-refractivity contribution is 6.00. The maximum Gasteiger partial charge on any atom is 0.407 e. The molecule has 0 radical (unpaired) electrons. The van der Waals surface area contributed by atoms with E-state index in [0.29, 0.717) is 37.1 Å². The molecule has 4 atom stereocenters. The van der Waals surface area contributed by atoms with Crippen LogP contribution in [-0.4, -0.2) is 122 Å². The molecular weight excluding hydrogens is 933 g/mol. The molecule has 0 bridgehead atoms. The first kappa shape index (κ1) is 51.3. The molecule has 3 saturated carbocycles. The predicted molar refractivity (Wildman–Crippen MR) is 268 cm³/mol. The van der Waals surface area contributed by atoms with Crippen molar-refractivity contribution in [2.75, 3.05) is 40.5 Å². The number of carbonyl (C=O) groups excluding carboxylic acids is 8. The zero-order valence-corrected chi connectivity index (χ0v) is 42.8. The van der Waals surface area contributed by atoms with E-state index in [2.05, 4.69) is 22.8 Å². The summed E-state index contributed by atoms with van der Waals surface area (Å²) in [6, 6.07) is 15.5. The lowest BCUT2D eigenvalue weighted by molar-refractivity contribution is -0.153. The molecule has 5 fully saturated rings. The fourth-order valence-corrected chi connectivity index (χ4v) is 12.1. The van der Waals surface area contributed by atoms with Crippen LogP contribution in [0.5, 0.6) is 0 Å². The molecule has 2 aliphatic heterocycles. The number of ketones is 2. The Morgan fingerprint density at radius 3 is 1.23 bits per heavy atom. The molecule has 4 aliphatic carbocycles. The molecule has 4 amide bonds. The lowest BCUT2D eigenvalue weighted by atomic mass is 9.82. The van der Waals surface area contributed by atoms with Crippen LogP contribution in [0.3, 0.4) is 0 Å². The number of methoxy groups -OCH3 is 2. The SMILES string of the molecule is COC(=O)N[C@H](C(=O)N1CC2(CC2)C[C@H]1C(=O)OCC(=O)c1ccc(-c2ccc(-c3ccc(C(=O)COC(=O)[C@@H]4CC5(CC5)CN4C(=O)[C@@H](NC(=O)OC)C(C)C)cc3)c3c2CC2(CCCC2)C3)cc1)C(C)C.